The van der Waals surface area contributed by atoms with Gasteiger partial charge >= 0.3 is 6.09 Å². The Morgan fingerprint density at radius 3 is 2.22 bits per heavy atom. The van der Waals surface area contributed by atoms with Gasteiger partial charge in [0.05, 0.1) is 7.11 Å². The first-order valence-corrected chi connectivity index (χ1v) is 13.4. The first kappa shape index (κ1) is 27.1. The van der Waals surface area contributed by atoms with E-state index in [9.17, 15) is 4.79 Å². The second-order valence-corrected chi connectivity index (χ2v) is 11.0. The fourth-order valence-corrected chi connectivity index (χ4v) is 4.78. The van der Waals surface area contributed by atoms with Gasteiger partial charge < -0.3 is 24.6 Å². The zero-order chi connectivity index (χ0) is 26.3. The molecule has 202 valence electrons. The molecule has 9 heteroatoms. The Bertz CT molecular complexity index is 976. The Hall–Kier alpha value is -2.91. The summed E-state index contributed by atoms with van der Waals surface area (Å²) in [5, 5.41) is 3.60. The van der Waals surface area contributed by atoms with Gasteiger partial charge in [0.1, 0.15) is 11.4 Å². The predicted octanol–water partition coefficient (Wildman–Crippen LogP) is 3.54. The van der Waals surface area contributed by atoms with Crippen molar-refractivity contribution < 1.29 is 14.3 Å². The molecule has 2 aliphatic rings. The monoisotopic (exact) mass is 510 g/mol. The third kappa shape index (κ3) is 8.30. The molecule has 0 atom stereocenters. The normalized spacial score (nSPS) is 17.6. The van der Waals surface area contributed by atoms with Crippen LogP contribution < -0.4 is 15.0 Å². The Morgan fingerprint density at radius 2 is 1.62 bits per heavy atom. The van der Waals surface area contributed by atoms with E-state index in [1.165, 1.54) is 18.4 Å². The Morgan fingerprint density at radius 1 is 0.973 bits per heavy atom. The van der Waals surface area contributed by atoms with Crippen molar-refractivity contribution in [3.63, 3.8) is 0 Å². The number of likely N-dealkylation sites (tertiary alicyclic amines) is 1. The smallest absolute Gasteiger partial charge is 0.410 e. The number of anilines is 1. The third-order valence-corrected chi connectivity index (χ3v) is 6.94. The van der Waals surface area contributed by atoms with Crippen molar-refractivity contribution in [3.05, 3.63) is 47.8 Å². The number of nitrogens with one attached hydrogen (secondary N) is 1. The average molecular weight is 511 g/mol. The number of methoxy groups -OCH3 is 1. The molecule has 1 amide bonds. The molecule has 1 N–H and O–H groups in total. The van der Waals surface area contributed by atoms with Crippen molar-refractivity contribution in [1.82, 2.24) is 25.1 Å². The van der Waals surface area contributed by atoms with Crippen molar-refractivity contribution in [2.75, 3.05) is 57.8 Å². The summed E-state index contributed by atoms with van der Waals surface area (Å²) < 4.78 is 10.7. The molecule has 9 nitrogen and oxygen atoms in total. The van der Waals surface area contributed by atoms with Gasteiger partial charge in [-0.25, -0.2) is 14.8 Å². The fraction of sp³-hybridized carbons (Fsp3) is 0.607. The summed E-state index contributed by atoms with van der Waals surface area (Å²) in [6.45, 7) is 13.4. The van der Waals surface area contributed by atoms with Crippen LogP contribution in [0.1, 0.15) is 44.7 Å². The molecule has 1 aromatic carbocycles. The quantitative estimate of drug-likeness (QED) is 0.578. The minimum Gasteiger partial charge on any atom is -0.497 e. The highest BCUT2D eigenvalue weighted by molar-refractivity contribution is 5.68. The molecule has 0 unspecified atom stereocenters. The SMILES string of the molecule is COc1ccc(CN2CCC(CNCc3cnc(N4CCN(C(=O)OC(C)(C)C)CC4)nc3)CC2)cc1. The Balaban J connectivity index is 1.13. The number of aromatic nitrogens is 2. The lowest BCUT2D eigenvalue weighted by molar-refractivity contribution is 0.0240. The van der Waals surface area contributed by atoms with Crippen LogP contribution in [-0.2, 0) is 17.8 Å². The highest BCUT2D eigenvalue weighted by atomic mass is 16.6. The largest absolute Gasteiger partial charge is 0.497 e. The molecule has 0 bridgehead atoms. The van der Waals surface area contributed by atoms with E-state index in [0.29, 0.717) is 32.1 Å². The highest BCUT2D eigenvalue weighted by Gasteiger charge is 2.26. The molecule has 0 radical (unpaired) electrons. The Kier molecular flexibility index (Phi) is 9.21. The van der Waals surface area contributed by atoms with Gasteiger partial charge in [-0.1, -0.05) is 12.1 Å². The second kappa shape index (κ2) is 12.6. The predicted molar refractivity (Wildman–Crippen MR) is 145 cm³/mol. The summed E-state index contributed by atoms with van der Waals surface area (Å²) in [6, 6.07) is 8.39. The molecule has 3 heterocycles. The number of hydrogen-bond donors (Lipinski definition) is 1. The molecule has 1 aromatic heterocycles. The van der Waals surface area contributed by atoms with Crippen molar-refractivity contribution in [3.8, 4) is 5.75 Å². The zero-order valence-corrected chi connectivity index (χ0v) is 22.8. The lowest BCUT2D eigenvalue weighted by Gasteiger charge is -2.35. The topological polar surface area (TPSA) is 83.1 Å². The van der Waals surface area contributed by atoms with E-state index in [1.54, 1.807) is 12.0 Å². The molecule has 4 rings (SSSR count). The number of nitrogens with zero attached hydrogens (tertiary/aromatic N) is 5. The first-order valence-electron chi connectivity index (χ1n) is 13.4. The van der Waals surface area contributed by atoms with E-state index in [0.717, 1.165) is 50.0 Å². The summed E-state index contributed by atoms with van der Waals surface area (Å²) in [5.41, 5.74) is 1.95. The lowest BCUT2D eigenvalue weighted by atomic mass is 9.96. The summed E-state index contributed by atoms with van der Waals surface area (Å²) in [6.07, 6.45) is 6.00. The van der Waals surface area contributed by atoms with E-state index in [-0.39, 0.29) is 6.09 Å². The van der Waals surface area contributed by atoms with Gasteiger partial charge in [-0.05, 0) is 76.9 Å². The minimum absolute atomic E-state index is 0.252. The minimum atomic E-state index is -0.476. The summed E-state index contributed by atoms with van der Waals surface area (Å²) in [5.74, 6) is 2.33. The lowest BCUT2D eigenvalue weighted by Crippen LogP contribution is -2.50. The summed E-state index contributed by atoms with van der Waals surface area (Å²) in [7, 11) is 1.70. The van der Waals surface area contributed by atoms with Gasteiger partial charge in [0, 0.05) is 57.2 Å². The molecular formula is C28H42N6O3. The van der Waals surface area contributed by atoms with Crippen LogP contribution >= 0.6 is 0 Å². The van der Waals surface area contributed by atoms with Crippen LogP contribution in [0.2, 0.25) is 0 Å². The molecule has 2 aliphatic heterocycles. The maximum atomic E-state index is 12.3. The molecule has 2 aromatic rings. The van der Waals surface area contributed by atoms with Gasteiger partial charge in [-0.3, -0.25) is 4.90 Å². The second-order valence-electron chi connectivity index (χ2n) is 11.0. The molecule has 0 spiro atoms. The van der Waals surface area contributed by atoms with E-state index in [1.807, 2.05) is 45.3 Å². The van der Waals surface area contributed by atoms with Crippen molar-refractivity contribution in [2.45, 2.75) is 52.3 Å². The molecule has 37 heavy (non-hydrogen) atoms. The maximum Gasteiger partial charge on any atom is 0.410 e. The number of piperazine rings is 1. The molecule has 0 saturated carbocycles. The van der Waals surface area contributed by atoms with E-state index in [2.05, 4.69) is 37.2 Å². The average Bonchev–Trinajstić information content (AvgIpc) is 2.90. The van der Waals surface area contributed by atoms with Gasteiger partial charge in [-0.15, -0.1) is 0 Å². The summed E-state index contributed by atoms with van der Waals surface area (Å²) in [4.78, 5) is 27.9. The zero-order valence-electron chi connectivity index (χ0n) is 22.8. The fourth-order valence-electron chi connectivity index (χ4n) is 4.78. The van der Waals surface area contributed by atoms with Crippen LogP contribution in [-0.4, -0.2) is 84.4 Å². The number of benzene rings is 1. The molecular weight excluding hydrogens is 468 g/mol. The number of carbonyl (C=O) groups excluding carboxylic acids is 1. The molecule has 0 aliphatic carbocycles. The van der Waals surface area contributed by atoms with Crippen molar-refractivity contribution >= 4 is 12.0 Å². The van der Waals surface area contributed by atoms with Gasteiger partial charge in [-0.2, -0.15) is 0 Å². The van der Waals surface area contributed by atoms with Crippen LogP contribution in [0.4, 0.5) is 10.7 Å². The standard InChI is InChI=1S/C28H42N6O3/c1-28(2,3)37-27(35)34-15-13-33(14-16-34)26-30-19-24(20-31-26)18-29-17-22-9-11-32(12-10-22)21-23-5-7-25(36-4)8-6-23/h5-8,19-20,22,29H,9-18,21H2,1-4H3. The molecule has 2 fully saturated rings. The van der Waals surface area contributed by atoms with Gasteiger partial charge in [0.25, 0.3) is 0 Å². The van der Waals surface area contributed by atoms with Crippen LogP contribution in [0, 0.1) is 5.92 Å². The van der Waals surface area contributed by atoms with Crippen molar-refractivity contribution in [1.29, 1.82) is 0 Å². The van der Waals surface area contributed by atoms with Gasteiger partial charge in [0.2, 0.25) is 5.95 Å². The van der Waals surface area contributed by atoms with Crippen LogP contribution in [0.15, 0.2) is 36.7 Å². The van der Waals surface area contributed by atoms with Gasteiger partial charge in [0.15, 0.2) is 0 Å². The molecule has 2 saturated heterocycles. The van der Waals surface area contributed by atoms with Crippen LogP contribution in [0.5, 0.6) is 5.75 Å². The van der Waals surface area contributed by atoms with Crippen molar-refractivity contribution in [2.24, 2.45) is 5.92 Å². The van der Waals surface area contributed by atoms with E-state index in [4.69, 9.17) is 9.47 Å². The van der Waals surface area contributed by atoms with E-state index >= 15 is 0 Å². The third-order valence-electron chi connectivity index (χ3n) is 6.94. The van der Waals surface area contributed by atoms with Crippen LogP contribution in [0.3, 0.4) is 0 Å². The number of rotatable bonds is 8. The van der Waals surface area contributed by atoms with E-state index < -0.39 is 5.60 Å². The first-order chi connectivity index (χ1) is 17.8. The number of ether oxygens (including phenoxy) is 2. The maximum absolute atomic E-state index is 12.3. The number of carbonyl (C=O) groups is 1. The summed E-state index contributed by atoms with van der Waals surface area (Å²) >= 11 is 0. The highest BCUT2D eigenvalue weighted by Crippen LogP contribution is 2.20. The number of piperidine rings is 1. The van der Waals surface area contributed by atoms with Crippen LogP contribution in [0.25, 0.3) is 0 Å². The number of amides is 1. The number of hydrogen-bond acceptors (Lipinski definition) is 8. The Labute approximate surface area is 221 Å².